The zero-order chi connectivity index (χ0) is 25.7. The number of rotatable bonds is 9. The second kappa shape index (κ2) is 12.4. The Morgan fingerprint density at radius 2 is 1.03 bits per heavy atom. The van der Waals surface area contributed by atoms with Crippen LogP contribution in [-0.2, 0) is 9.59 Å². The first-order valence-corrected chi connectivity index (χ1v) is 14.0. The van der Waals surface area contributed by atoms with Crippen LogP contribution in [0.5, 0.6) is 11.5 Å². The lowest BCUT2D eigenvalue weighted by Crippen LogP contribution is -2.38. The zero-order valence-corrected chi connectivity index (χ0v) is 25.1. The normalized spacial score (nSPS) is 10.9. The summed E-state index contributed by atoms with van der Waals surface area (Å²) in [4.78, 5) is 24.3. The molecule has 0 bridgehead atoms. The van der Waals surface area contributed by atoms with Crippen molar-refractivity contribution in [1.82, 2.24) is 10.6 Å². The zero-order valence-electron chi connectivity index (χ0n) is 18.7. The first-order chi connectivity index (χ1) is 17.3. The summed E-state index contributed by atoms with van der Waals surface area (Å²) in [6.45, 7) is 0.277. The van der Waals surface area contributed by atoms with E-state index in [1.807, 2.05) is 60.7 Å². The van der Waals surface area contributed by atoms with Gasteiger partial charge in [0.25, 0.3) is 11.8 Å². The van der Waals surface area contributed by atoms with Crippen LogP contribution in [0.4, 0.5) is 0 Å². The maximum absolute atomic E-state index is 12.2. The van der Waals surface area contributed by atoms with Crippen molar-refractivity contribution in [3.63, 3.8) is 0 Å². The number of amides is 2. The number of hydrogen-bond acceptors (Lipinski definition) is 4. The van der Waals surface area contributed by atoms with Gasteiger partial charge in [-0.2, -0.15) is 0 Å². The van der Waals surface area contributed by atoms with E-state index in [4.69, 9.17) is 9.47 Å². The summed E-state index contributed by atoms with van der Waals surface area (Å²) < 4.78 is 14.9. The molecular formula is C26H20Br4N2O4. The molecule has 0 aliphatic heterocycles. The third kappa shape index (κ3) is 6.79. The Morgan fingerprint density at radius 1 is 0.611 bits per heavy atom. The van der Waals surface area contributed by atoms with Crippen molar-refractivity contribution in [2.45, 2.75) is 0 Å². The number of nitrogens with one attached hydrogen (secondary N) is 2. The van der Waals surface area contributed by atoms with Gasteiger partial charge in [-0.3, -0.25) is 9.59 Å². The van der Waals surface area contributed by atoms with E-state index in [-0.39, 0.29) is 38.1 Å². The molecule has 36 heavy (non-hydrogen) atoms. The topological polar surface area (TPSA) is 76.7 Å². The van der Waals surface area contributed by atoms with Crippen LogP contribution < -0.4 is 20.1 Å². The lowest BCUT2D eigenvalue weighted by atomic mass is 10.1. The summed E-state index contributed by atoms with van der Waals surface area (Å²) in [5.74, 6) is 0.598. The standard InChI is InChI=1S/C26H20Br4N2O4/c27-17-3-5-19-15(11-17)1-7-21(25(19)29)35-13-23(33)31-9-10-32-24(34)14-36-22-8-2-16-12-18(28)4-6-20(16)26(22)30/h1-8,11-12H,9-10,13-14H2,(H,31,33)(H,32,34). The molecule has 0 aliphatic rings. The van der Waals surface area contributed by atoms with E-state index in [0.29, 0.717) is 11.5 Å². The molecule has 0 aromatic heterocycles. The first kappa shape index (κ1) is 26.9. The van der Waals surface area contributed by atoms with E-state index in [1.165, 1.54) is 0 Å². The van der Waals surface area contributed by atoms with E-state index in [0.717, 1.165) is 39.4 Å². The summed E-state index contributed by atoms with van der Waals surface area (Å²) in [5.41, 5.74) is 0. The Morgan fingerprint density at radius 3 is 1.44 bits per heavy atom. The molecule has 0 spiro atoms. The van der Waals surface area contributed by atoms with Crippen LogP contribution in [0.1, 0.15) is 0 Å². The second-order valence-electron chi connectivity index (χ2n) is 7.76. The summed E-state index contributed by atoms with van der Waals surface area (Å²) in [5, 5.41) is 9.54. The molecular weight excluding hydrogens is 724 g/mol. The maximum atomic E-state index is 12.2. The minimum absolute atomic E-state index is 0.135. The minimum atomic E-state index is -0.282. The predicted octanol–water partition coefficient (Wildman–Crippen LogP) is 6.73. The van der Waals surface area contributed by atoms with E-state index < -0.39 is 0 Å². The number of benzene rings is 4. The highest BCUT2D eigenvalue weighted by Crippen LogP contribution is 2.35. The van der Waals surface area contributed by atoms with Gasteiger partial charge >= 0.3 is 0 Å². The van der Waals surface area contributed by atoms with Crippen LogP contribution in [0, 0.1) is 0 Å². The molecule has 2 N–H and O–H groups in total. The van der Waals surface area contributed by atoms with Crippen LogP contribution in [-0.4, -0.2) is 38.1 Å². The van der Waals surface area contributed by atoms with Gasteiger partial charge < -0.3 is 20.1 Å². The van der Waals surface area contributed by atoms with Gasteiger partial charge in [0.15, 0.2) is 13.2 Å². The molecule has 0 radical (unpaired) electrons. The molecule has 0 aliphatic carbocycles. The van der Waals surface area contributed by atoms with Gasteiger partial charge in [-0.15, -0.1) is 0 Å². The Kier molecular flexibility index (Phi) is 9.27. The van der Waals surface area contributed by atoms with Gasteiger partial charge in [-0.1, -0.05) is 56.1 Å². The summed E-state index contributed by atoms with van der Waals surface area (Å²) in [6, 6.07) is 19.4. The fourth-order valence-electron chi connectivity index (χ4n) is 3.50. The Labute approximate surface area is 241 Å². The highest BCUT2D eigenvalue weighted by Gasteiger charge is 2.11. The van der Waals surface area contributed by atoms with Gasteiger partial charge in [0.2, 0.25) is 0 Å². The monoisotopic (exact) mass is 740 g/mol. The number of carbonyl (C=O) groups is 2. The molecule has 0 fully saturated rings. The van der Waals surface area contributed by atoms with Gasteiger partial charge in [-0.25, -0.2) is 0 Å². The van der Waals surface area contributed by atoms with Gasteiger partial charge in [-0.05, 0) is 89.8 Å². The molecule has 10 heteroatoms. The van der Waals surface area contributed by atoms with Gasteiger partial charge in [0.1, 0.15) is 11.5 Å². The van der Waals surface area contributed by atoms with Crippen molar-refractivity contribution in [2.75, 3.05) is 26.3 Å². The molecule has 6 nitrogen and oxygen atoms in total. The molecule has 0 unspecified atom stereocenters. The Balaban J connectivity index is 1.18. The Bertz CT molecular complexity index is 1340. The average Bonchev–Trinajstić information content (AvgIpc) is 2.85. The van der Waals surface area contributed by atoms with Crippen molar-refractivity contribution in [1.29, 1.82) is 0 Å². The fourth-order valence-corrected chi connectivity index (χ4v) is 5.47. The number of ether oxygens (including phenoxy) is 2. The van der Waals surface area contributed by atoms with Crippen LogP contribution in [0.3, 0.4) is 0 Å². The van der Waals surface area contributed by atoms with Crippen LogP contribution in [0.2, 0.25) is 0 Å². The van der Waals surface area contributed by atoms with E-state index in [1.54, 1.807) is 0 Å². The number of fused-ring (bicyclic) bond motifs is 2. The maximum Gasteiger partial charge on any atom is 0.258 e. The molecule has 0 saturated heterocycles. The third-order valence-electron chi connectivity index (χ3n) is 5.25. The van der Waals surface area contributed by atoms with E-state index >= 15 is 0 Å². The smallest absolute Gasteiger partial charge is 0.258 e. The minimum Gasteiger partial charge on any atom is -0.483 e. The van der Waals surface area contributed by atoms with Crippen molar-refractivity contribution < 1.29 is 19.1 Å². The molecule has 0 atom stereocenters. The largest absolute Gasteiger partial charge is 0.483 e. The predicted molar refractivity (Wildman–Crippen MR) is 156 cm³/mol. The molecule has 4 rings (SSSR count). The van der Waals surface area contributed by atoms with Crippen molar-refractivity contribution in [3.05, 3.63) is 78.6 Å². The first-order valence-electron chi connectivity index (χ1n) is 10.9. The van der Waals surface area contributed by atoms with Crippen LogP contribution >= 0.6 is 63.7 Å². The molecule has 2 amide bonds. The van der Waals surface area contributed by atoms with Gasteiger partial charge in [0, 0.05) is 22.0 Å². The molecule has 186 valence electrons. The van der Waals surface area contributed by atoms with Crippen LogP contribution in [0.15, 0.2) is 78.6 Å². The van der Waals surface area contributed by atoms with Crippen molar-refractivity contribution >= 4 is 97.1 Å². The fraction of sp³-hybridized carbons (Fsp3) is 0.154. The summed E-state index contributed by atoms with van der Waals surface area (Å²) >= 11 is 14.0. The summed E-state index contributed by atoms with van der Waals surface area (Å²) in [6.07, 6.45) is 0. The van der Waals surface area contributed by atoms with Crippen molar-refractivity contribution in [3.8, 4) is 11.5 Å². The highest BCUT2D eigenvalue weighted by molar-refractivity contribution is 9.11. The van der Waals surface area contributed by atoms with Gasteiger partial charge in [0.05, 0.1) is 8.95 Å². The van der Waals surface area contributed by atoms with Crippen molar-refractivity contribution in [2.24, 2.45) is 0 Å². The lowest BCUT2D eigenvalue weighted by molar-refractivity contribution is -0.124. The average molecular weight is 744 g/mol. The molecule has 4 aromatic carbocycles. The third-order valence-corrected chi connectivity index (χ3v) is 7.87. The second-order valence-corrected chi connectivity index (χ2v) is 11.2. The molecule has 4 aromatic rings. The lowest BCUT2D eigenvalue weighted by Gasteiger charge is -2.12. The highest BCUT2D eigenvalue weighted by atomic mass is 79.9. The van der Waals surface area contributed by atoms with E-state index in [2.05, 4.69) is 74.4 Å². The van der Waals surface area contributed by atoms with E-state index in [9.17, 15) is 9.59 Å². The summed E-state index contributed by atoms with van der Waals surface area (Å²) in [7, 11) is 0. The number of carbonyl (C=O) groups excluding carboxylic acids is 2. The quantitative estimate of drug-likeness (QED) is 0.187. The van der Waals surface area contributed by atoms with Crippen LogP contribution in [0.25, 0.3) is 21.5 Å². The molecule has 0 heterocycles. The molecule has 0 saturated carbocycles. The number of hydrogen-bond donors (Lipinski definition) is 2. The SMILES string of the molecule is O=C(COc1ccc2cc(Br)ccc2c1Br)NCCNC(=O)COc1ccc2cc(Br)ccc2c1Br. The Hall–Kier alpha value is -2.14. The number of halogens is 4.